The lowest BCUT2D eigenvalue weighted by Crippen LogP contribution is -2.42. The minimum absolute atomic E-state index is 0.110. The van der Waals surface area contributed by atoms with E-state index in [-0.39, 0.29) is 5.69 Å². The molecular formula is C12H14BrN3O5. The number of non-ortho nitro benzene ring substituents is 1. The van der Waals surface area contributed by atoms with Crippen LogP contribution in [-0.4, -0.2) is 28.1 Å². The molecule has 0 aliphatic rings. The monoisotopic (exact) mass is 359 g/mol. The maximum absolute atomic E-state index is 11.8. The molecule has 0 saturated carbocycles. The zero-order valence-electron chi connectivity index (χ0n) is 11.3. The molecule has 2 unspecified atom stereocenters. The molecule has 0 aromatic heterocycles. The second-order valence-corrected chi connectivity index (χ2v) is 5.29. The number of halogens is 1. The van der Waals surface area contributed by atoms with Crippen molar-refractivity contribution in [1.82, 2.24) is 5.32 Å². The number of nitro groups is 1. The normalized spacial score (nSPS) is 13.1. The Morgan fingerprint density at radius 1 is 1.38 bits per heavy atom. The van der Waals surface area contributed by atoms with Gasteiger partial charge in [0.05, 0.1) is 16.5 Å². The van der Waals surface area contributed by atoms with Gasteiger partial charge in [-0.15, -0.1) is 0 Å². The van der Waals surface area contributed by atoms with Gasteiger partial charge < -0.3 is 15.7 Å². The van der Waals surface area contributed by atoms with Gasteiger partial charge in [-0.25, -0.2) is 4.79 Å². The van der Waals surface area contributed by atoms with E-state index in [1.165, 1.54) is 25.1 Å². The first-order valence-electron chi connectivity index (χ1n) is 5.96. The Labute approximate surface area is 128 Å². The number of urea groups is 1. The second-order valence-electron chi connectivity index (χ2n) is 4.44. The summed E-state index contributed by atoms with van der Waals surface area (Å²) in [6, 6.07) is 2.74. The zero-order valence-corrected chi connectivity index (χ0v) is 12.9. The van der Waals surface area contributed by atoms with Crippen LogP contribution in [0.5, 0.6) is 0 Å². The van der Waals surface area contributed by atoms with Crippen molar-refractivity contribution >= 4 is 39.3 Å². The highest BCUT2D eigenvalue weighted by atomic mass is 79.9. The van der Waals surface area contributed by atoms with Gasteiger partial charge in [0.2, 0.25) is 0 Å². The van der Waals surface area contributed by atoms with Gasteiger partial charge in [-0.2, -0.15) is 0 Å². The smallest absolute Gasteiger partial charge is 0.319 e. The second kappa shape index (κ2) is 7.02. The van der Waals surface area contributed by atoms with Gasteiger partial charge in [0, 0.05) is 22.6 Å². The first-order valence-corrected chi connectivity index (χ1v) is 6.76. The summed E-state index contributed by atoms with van der Waals surface area (Å²) in [4.78, 5) is 32.6. The number of benzene rings is 1. The van der Waals surface area contributed by atoms with Gasteiger partial charge in [-0.3, -0.25) is 14.9 Å². The summed E-state index contributed by atoms with van der Waals surface area (Å²) < 4.78 is 0.353. The quantitative estimate of drug-likeness (QED) is 0.550. The summed E-state index contributed by atoms with van der Waals surface area (Å²) in [7, 11) is 0. The van der Waals surface area contributed by atoms with Crippen molar-refractivity contribution in [1.29, 1.82) is 0 Å². The highest BCUT2D eigenvalue weighted by Gasteiger charge is 2.21. The summed E-state index contributed by atoms with van der Waals surface area (Å²) in [5.74, 6) is -1.75. The molecule has 0 aliphatic carbocycles. The molecule has 0 radical (unpaired) electrons. The molecule has 0 aliphatic heterocycles. The number of carbonyl (C=O) groups is 2. The highest BCUT2D eigenvalue weighted by molar-refractivity contribution is 9.10. The van der Waals surface area contributed by atoms with E-state index in [1.807, 2.05) is 0 Å². The molecule has 0 bridgehead atoms. The summed E-state index contributed by atoms with van der Waals surface area (Å²) >= 11 is 3.12. The van der Waals surface area contributed by atoms with Gasteiger partial charge >= 0.3 is 12.0 Å². The van der Waals surface area contributed by atoms with Gasteiger partial charge in [0.15, 0.2) is 0 Å². The number of carboxylic acids is 1. The third-order valence-electron chi connectivity index (χ3n) is 2.91. The maximum Gasteiger partial charge on any atom is 0.319 e. The molecular weight excluding hydrogens is 346 g/mol. The summed E-state index contributed by atoms with van der Waals surface area (Å²) in [6.07, 6.45) is 0. The van der Waals surface area contributed by atoms with Crippen molar-refractivity contribution in [2.24, 2.45) is 5.92 Å². The SMILES string of the molecule is CC(NC(=O)Nc1ccc([N+](=O)[O-])cc1Br)C(C)C(=O)O. The number of aliphatic carboxylic acids is 1. The summed E-state index contributed by atoms with van der Waals surface area (Å²) in [6.45, 7) is 3.05. The number of anilines is 1. The Morgan fingerprint density at radius 3 is 2.48 bits per heavy atom. The van der Waals surface area contributed by atoms with Crippen molar-refractivity contribution in [2.75, 3.05) is 5.32 Å². The Kier molecular flexibility index (Phi) is 5.65. The fraction of sp³-hybridized carbons (Fsp3) is 0.333. The maximum atomic E-state index is 11.8. The number of nitro benzene ring substituents is 1. The van der Waals surface area contributed by atoms with Crippen LogP contribution in [0, 0.1) is 16.0 Å². The molecule has 0 fully saturated rings. The molecule has 1 rings (SSSR count). The predicted octanol–water partition coefficient (Wildman–Crippen LogP) is 2.59. The Bertz CT molecular complexity index is 578. The molecule has 2 amide bonds. The predicted molar refractivity (Wildman–Crippen MR) is 79.2 cm³/mol. The van der Waals surface area contributed by atoms with Crippen LogP contribution < -0.4 is 10.6 Å². The van der Waals surface area contributed by atoms with E-state index in [1.54, 1.807) is 6.92 Å². The lowest BCUT2D eigenvalue weighted by atomic mass is 10.0. The van der Waals surface area contributed by atoms with Crippen LogP contribution in [0.2, 0.25) is 0 Å². The van der Waals surface area contributed by atoms with Crippen LogP contribution in [-0.2, 0) is 4.79 Å². The Balaban J connectivity index is 2.71. The number of hydrogen-bond donors (Lipinski definition) is 3. The third-order valence-corrected chi connectivity index (χ3v) is 3.57. The first-order chi connectivity index (χ1) is 9.72. The fourth-order valence-electron chi connectivity index (χ4n) is 1.42. The topological polar surface area (TPSA) is 122 Å². The minimum Gasteiger partial charge on any atom is -0.481 e. The highest BCUT2D eigenvalue weighted by Crippen LogP contribution is 2.27. The van der Waals surface area contributed by atoms with Crippen LogP contribution in [0.3, 0.4) is 0 Å². The molecule has 3 N–H and O–H groups in total. The molecule has 1 aromatic carbocycles. The van der Waals surface area contributed by atoms with Crippen LogP contribution in [0.1, 0.15) is 13.8 Å². The van der Waals surface area contributed by atoms with E-state index in [0.717, 1.165) is 0 Å². The van der Waals surface area contributed by atoms with Crippen molar-refractivity contribution in [3.63, 3.8) is 0 Å². The van der Waals surface area contributed by atoms with E-state index in [0.29, 0.717) is 10.2 Å². The van der Waals surface area contributed by atoms with Crippen molar-refractivity contribution in [3.8, 4) is 0 Å². The van der Waals surface area contributed by atoms with Gasteiger partial charge in [0.1, 0.15) is 0 Å². The number of rotatable bonds is 5. The molecule has 114 valence electrons. The lowest BCUT2D eigenvalue weighted by Gasteiger charge is -2.18. The first kappa shape index (κ1) is 16.9. The van der Waals surface area contributed by atoms with Gasteiger partial charge in [-0.05, 0) is 35.8 Å². The molecule has 2 atom stereocenters. The number of nitrogens with zero attached hydrogens (tertiary/aromatic N) is 1. The number of amides is 2. The third kappa shape index (κ3) is 4.71. The van der Waals surface area contributed by atoms with Crippen LogP contribution in [0.15, 0.2) is 22.7 Å². The minimum atomic E-state index is -1.01. The fourth-order valence-corrected chi connectivity index (χ4v) is 1.89. The Morgan fingerprint density at radius 2 is 2.00 bits per heavy atom. The van der Waals surface area contributed by atoms with Gasteiger partial charge in [0.25, 0.3) is 5.69 Å². The molecule has 0 spiro atoms. The van der Waals surface area contributed by atoms with Crippen molar-refractivity contribution in [3.05, 3.63) is 32.8 Å². The van der Waals surface area contributed by atoms with E-state index < -0.39 is 28.9 Å². The average Bonchev–Trinajstić information content (AvgIpc) is 2.39. The summed E-state index contributed by atoms with van der Waals surface area (Å²) in [5, 5.41) is 24.4. The number of carboxylic acid groups (broad SMARTS) is 1. The molecule has 1 aromatic rings. The van der Waals surface area contributed by atoms with Crippen molar-refractivity contribution < 1.29 is 19.6 Å². The molecule has 8 nitrogen and oxygen atoms in total. The van der Waals surface area contributed by atoms with E-state index in [9.17, 15) is 19.7 Å². The zero-order chi connectivity index (χ0) is 16.2. The van der Waals surface area contributed by atoms with E-state index in [2.05, 4.69) is 26.6 Å². The number of nitrogens with one attached hydrogen (secondary N) is 2. The molecule has 0 heterocycles. The molecule has 21 heavy (non-hydrogen) atoms. The van der Waals surface area contributed by atoms with Gasteiger partial charge in [-0.1, -0.05) is 0 Å². The average molecular weight is 360 g/mol. The molecule has 0 saturated heterocycles. The van der Waals surface area contributed by atoms with Crippen molar-refractivity contribution in [2.45, 2.75) is 19.9 Å². The van der Waals surface area contributed by atoms with Crippen LogP contribution in [0.25, 0.3) is 0 Å². The molecule has 9 heteroatoms. The van der Waals surface area contributed by atoms with E-state index >= 15 is 0 Å². The van der Waals surface area contributed by atoms with Crippen LogP contribution >= 0.6 is 15.9 Å². The largest absolute Gasteiger partial charge is 0.481 e. The lowest BCUT2D eigenvalue weighted by molar-refractivity contribution is -0.384. The summed E-state index contributed by atoms with van der Waals surface area (Å²) in [5.41, 5.74) is 0.231. The number of carbonyl (C=O) groups excluding carboxylic acids is 1. The van der Waals surface area contributed by atoms with E-state index in [4.69, 9.17) is 5.11 Å². The standard InChI is InChI=1S/C12H14BrN3O5/c1-6(11(17)18)7(2)14-12(19)15-10-4-3-8(16(20)21)5-9(10)13/h3-7H,1-2H3,(H,17,18)(H2,14,15,19). The Hall–Kier alpha value is -2.16. The number of hydrogen-bond acceptors (Lipinski definition) is 4. The van der Waals surface area contributed by atoms with Crippen LogP contribution in [0.4, 0.5) is 16.2 Å².